The van der Waals surface area contributed by atoms with Gasteiger partial charge in [-0.25, -0.2) is 4.98 Å². The average Bonchev–Trinajstić information content (AvgIpc) is 2.47. The van der Waals surface area contributed by atoms with Crippen molar-refractivity contribution in [2.24, 2.45) is 5.18 Å². The smallest absolute Gasteiger partial charge is 0.123 e. The van der Waals surface area contributed by atoms with E-state index in [1.807, 2.05) is 24.5 Å². The van der Waals surface area contributed by atoms with Crippen molar-refractivity contribution in [3.8, 4) is 0 Å². The lowest BCUT2D eigenvalue weighted by Crippen LogP contribution is -1.95. The summed E-state index contributed by atoms with van der Waals surface area (Å²) < 4.78 is 0. The van der Waals surface area contributed by atoms with Crippen LogP contribution < -0.4 is 0 Å². The molecule has 100 valence electrons. The summed E-state index contributed by atoms with van der Waals surface area (Å²) in [5.74, 6) is 0. The Bertz CT molecular complexity index is 817. The molecule has 0 saturated heterocycles. The van der Waals surface area contributed by atoms with Gasteiger partial charge in [0.15, 0.2) is 0 Å². The number of hydrogen-bond donors (Lipinski definition) is 0. The lowest BCUT2D eigenvalue weighted by atomic mass is 10.0. The summed E-state index contributed by atoms with van der Waals surface area (Å²) in [6, 6.07) is 8.01. The lowest BCUT2D eigenvalue weighted by molar-refractivity contribution is 0.986. The zero-order valence-corrected chi connectivity index (χ0v) is 12.1. The van der Waals surface area contributed by atoms with Crippen molar-refractivity contribution in [3.05, 3.63) is 46.6 Å². The third kappa shape index (κ3) is 2.04. The predicted octanol–water partition coefficient (Wildman–Crippen LogP) is 4.08. The first-order chi connectivity index (χ1) is 9.74. The molecule has 0 unspecified atom stereocenters. The summed E-state index contributed by atoms with van der Waals surface area (Å²) in [7, 11) is 0. The van der Waals surface area contributed by atoms with Gasteiger partial charge < -0.3 is 0 Å². The van der Waals surface area contributed by atoms with Crippen molar-refractivity contribution in [2.75, 3.05) is 6.26 Å². The SMILES string of the molecule is CSc1cc(CN=O)nc2c1c(C)cc1cccnc12. The van der Waals surface area contributed by atoms with E-state index in [0.29, 0.717) is 5.69 Å². The van der Waals surface area contributed by atoms with E-state index in [9.17, 15) is 4.91 Å². The van der Waals surface area contributed by atoms with Crippen molar-refractivity contribution in [3.63, 3.8) is 0 Å². The standard InChI is InChI=1S/C15H13N3OS/c1-9-6-10-4-3-5-16-14(10)15-13(9)12(20-2)7-11(18-15)8-17-19/h3-7H,8H2,1-2H3. The van der Waals surface area contributed by atoms with E-state index in [0.717, 1.165) is 26.7 Å². The Morgan fingerprint density at radius 1 is 1.30 bits per heavy atom. The molecule has 20 heavy (non-hydrogen) atoms. The topological polar surface area (TPSA) is 55.2 Å². The van der Waals surface area contributed by atoms with Gasteiger partial charge in [-0.3, -0.25) is 4.98 Å². The number of rotatable bonds is 3. The van der Waals surface area contributed by atoms with Gasteiger partial charge in [0.05, 0.1) is 16.7 Å². The van der Waals surface area contributed by atoms with E-state index in [1.54, 1.807) is 18.0 Å². The van der Waals surface area contributed by atoms with Gasteiger partial charge in [-0.05, 0) is 36.9 Å². The number of aryl methyl sites for hydroxylation is 1. The third-order valence-electron chi connectivity index (χ3n) is 3.31. The van der Waals surface area contributed by atoms with Crippen LogP contribution in [-0.4, -0.2) is 16.2 Å². The number of hydrogen-bond acceptors (Lipinski definition) is 5. The molecule has 0 spiro atoms. The molecule has 0 bridgehead atoms. The van der Waals surface area contributed by atoms with Gasteiger partial charge in [-0.2, -0.15) is 4.91 Å². The molecule has 2 aromatic heterocycles. The van der Waals surface area contributed by atoms with Crippen molar-refractivity contribution in [2.45, 2.75) is 18.4 Å². The molecule has 4 nitrogen and oxygen atoms in total. The molecule has 5 heteroatoms. The van der Waals surface area contributed by atoms with Crippen LogP contribution >= 0.6 is 11.8 Å². The first-order valence-corrected chi connectivity index (χ1v) is 7.48. The highest BCUT2D eigenvalue weighted by molar-refractivity contribution is 7.98. The van der Waals surface area contributed by atoms with Crippen LogP contribution in [-0.2, 0) is 6.54 Å². The molecule has 0 aliphatic carbocycles. The third-order valence-corrected chi connectivity index (χ3v) is 4.07. The maximum absolute atomic E-state index is 10.5. The number of nitrogens with zero attached hydrogens (tertiary/aromatic N) is 3. The zero-order chi connectivity index (χ0) is 14.1. The Balaban J connectivity index is 2.49. The molecule has 0 atom stereocenters. The monoisotopic (exact) mass is 283 g/mol. The van der Waals surface area contributed by atoms with Crippen LogP contribution in [0.15, 0.2) is 40.5 Å². The molecule has 0 saturated carbocycles. The second kappa shape index (κ2) is 5.17. The van der Waals surface area contributed by atoms with Gasteiger partial charge in [0.25, 0.3) is 0 Å². The molecule has 0 amide bonds. The van der Waals surface area contributed by atoms with Crippen LogP contribution in [0.1, 0.15) is 11.3 Å². The fourth-order valence-corrected chi connectivity index (χ4v) is 3.19. The molecule has 1 aromatic carbocycles. The summed E-state index contributed by atoms with van der Waals surface area (Å²) in [6.45, 7) is 2.17. The summed E-state index contributed by atoms with van der Waals surface area (Å²) in [5, 5.41) is 5.12. The first kappa shape index (κ1) is 13.0. The van der Waals surface area contributed by atoms with Gasteiger partial charge in [0.2, 0.25) is 0 Å². The van der Waals surface area contributed by atoms with E-state index in [4.69, 9.17) is 0 Å². The van der Waals surface area contributed by atoms with Gasteiger partial charge in [-0.1, -0.05) is 11.2 Å². The van der Waals surface area contributed by atoms with Gasteiger partial charge in [-0.15, -0.1) is 11.8 Å². The minimum absolute atomic E-state index is 0.0891. The minimum Gasteiger partial charge on any atom is -0.254 e. The lowest BCUT2D eigenvalue weighted by Gasteiger charge is -2.11. The molecular formula is C15H13N3OS. The van der Waals surface area contributed by atoms with Crippen LogP contribution in [0.2, 0.25) is 0 Å². The highest BCUT2D eigenvalue weighted by Gasteiger charge is 2.12. The van der Waals surface area contributed by atoms with E-state index in [-0.39, 0.29) is 6.54 Å². The van der Waals surface area contributed by atoms with E-state index in [1.165, 1.54) is 5.56 Å². The van der Waals surface area contributed by atoms with Crippen LogP contribution in [0.4, 0.5) is 0 Å². The van der Waals surface area contributed by atoms with Gasteiger partial charge in [0.1, 0.15) is 6.54 Å². The Kier molecular flexibility index (Phi) is 3.36. The van der Waals surface area contributed by atoms with Gasteiger partial charge in [0, 0.05) is 21.9 Å². The van der Waals surface area contributed by atoms with Crippen molar-refractivity contribution >= 4 is 33.6 Å². The number of thioether (sulfide) groups is 1. The van der Waals surface area contributed by atoms with Crippen molar-refractivity contribution in [1.82, 2.24) is 9.97 Å². The molecule has 0 radical (unpaired) electrons. The predicted molar refractivity (Wildman–Crippen MR) is 83.1 cm³/mol. The summed E-state index contributed by atoms with van der Waals surface area (Å²) in [4.78, 5) is 20.7. The minimum atomic E-state index is 0.0891. The molecule has 0 fully saturated rings. The van der Waals surface area contributed by atoms with E-state index >= 15 is 0 Å². The summed E-state index contributed by atoms with van der Waals surface area (Å²) in [6.07, 6.45) is 3.79. The van der Waals surface area contributed by atoms with Crippen molar-refractivity contribution < 1.29 is 0 Å². The molecular weight excluding hydrogens is 270 g/mol. The second-order valence-corrected chi connectivity index (χ2v) is 5.44. The maximum Gasteiger partial charge on any atom is 0.123 e. The Morgan fingerprint density at radius 2 is 2.15 bits per heavy atom. The van der Waals surface area contributed by atoms with E-state index < -0.39 is 0 Å². The Morgan fingerprint density at radius 3 is 2.90 bits per heavy atom. The summed E-state index contributed by atoms with van der Waals surface area (Å²) >= 11 is 1.65. The Hall–Kier alpha value is -2.01. The fraction of sp³-hybridized carbons (Fsp3) is 0.200. The number of nitroso groups, excluding NO2 is 1. The Labute approximate surface area is 120 Å². The largest absolute Gasteiger partial charge is 0.254 e. The van der Waals surface area contributed by atoms with Crippen LogP contribution in [0.5, 0.6) is 0 Å². The second-order valence-electron chi connectivity index (χ2n) is 4.60. The number of fused-ring (bicyclic) bond motifs is 3. The molecule has 0 aliphatic heterocycles. The van der Waals surface area contributed by atoms with Crippen LogP contribution in [0.25, 0.3) is 21.8 Å². The van der Waals surface area contributed by atoms with Crippen LogP contribution in [0, 0.1) is 11.8 Å². The van der Waals surface area contributed by atoms with Crippen LogP contribution in [0.3, 0.4) is 0 Å². The van der Waals surface area contributed by atoms with Gasteiger partial charge >= 0.3 is 0 Å². The first-order valence-electron chi connectivity index (χ1n) is 6.25. The molecule has 0 aliphatic rings. The zero-order valence-electron chi connectivity index (χ0n) is 11.3. The average molecular weight is 283 g/mol. The molecule has 0 N–H and O–H groups in total. The van der Waals surface area contributed by atoms with E-state index in [2.05, 4.69) is 28.1 Å². The number of aromatic nitrogens is 2. The molecule has 2 heterocycles. The van der Waals surface area contributed by atoms with Crippen molar-refractivity contribution in [1.29, 1.82) is 0 Å². The molecule has 3 rings (SSSR count). The molecule has 3 aromatic rings. The fourth-order valence-electron chi connectivity index (χ4n) is 2.47. The maximum atomic E-state index is 10.5. The number of benzene rings is 1. The number of pyridine rings is 2. The highest BCUT2D eigenvalue weighted by Crippen LogP contribution is 2.33. The highest BCUT2D eigenvalue weighted by atomic mass is 32.2. The summed E-state index contributed by atoms with van der Waals surface area (Å²) in [5.41, 5.74) is 3.58. The quantitative estimate of drug-likeness (QED) is 0.413. The normalized spacial score (nSPS) is 11.1.